The van der Waals surface area contributed by atoms with Crippen molar-refractivity contribution in [3.05, 3.63) is 33.9 Å². The quantitative estimate of drug-likeness (QED) is 0.634. The van der Waals surface area contributed by atoms with Gasteiger partial charge in [-0.25, -0.2) is 13.6 Å². The number of nitrogens with two attached hydrogens (primary N) is 1. The molecule has 1 aromatic rings. The van der Waals surface area contributed by atoms with Crippen LogP contribution in [-0.2, 0) is 10.0 Å². The zero-order valence-corrected chi connectivity index (χ0v) is 11.9. The van der Waals surface area contributed by atoms with Gasteiger partial charge in [-0.3, -0.25) is 14.9 Å². The van der Waals surface area contributed by atoms with Gasteiger partial charge in [0.2, 0.25) is 10.0 Å². The normalized spacial score (nSPS) is 11.2. The predicted octanol–water partition coefficient (Wildman–Crippen LogP) is 0.724. The smallest absolute Gasteiger partial charge is 0.270 e. The van der Waals surface area contributed by atoms with Crippen LogP contribution >= 0.6 is 0 Å². The lowest BCUT2D eigenvalue weighted by Gasteiger charge is -2.17. The summed E-state index contributed by atoms with van der Waals surface area (Å²) in [6.07, 6.45) is 0.694. The predicted molar refractivity (Wildman–Crippen MR) is 71.7 cm³/mol. The minimum atomic E-state index is -4.23. The summed E-state index contributed by atoms with van der Waals surface area (Å²) in [6.45, 7) is 2.29. The van der Waals surface area contributed by atoms with Crippen molar-refractivity contribution < 1.29 is 18.1 Å². The standard InChI is InChI=1S/C11H15N3O5S/c1-3-6-13(2)11(15)9-5-4-8(14(16)17)7-10(9)20(12,18)19/h4-5,7H,3,6H2,1-2H3,(H2,12,18,19). The largest absolute Gasteiger partial charge is 0.342 e. The number of hydrogen-bond acceptors (Lipinski definition) is 5. The fourth-order valence-electron chi connectivity index (χ4n) is 1.68. The molecule has 110 valence electrons. The van der Waals surface area contributed by atoms with Crippen molar-refractivity contribution in [3.63, 3.8) is 0 Å². The molecule has 2 N–H and O–H groups in total. The van der Waals surface area contributed by atoms with Gasteiger partial charge in [0.1, 0.15) is 4.90 Å². The molecule has 8 nitrogen and oxygen atoms in total. The van der Waals surface area contributed by atoms with Crippen LogP contribution in [0.4, 0.5) is 5.69 Å². The number of sulfonamides is 1. The maximum atomic E-state index is 12.1. The molecular weight excluding hydrogens is 286 g/mol. The Labute approximate surface area is 116 Å². The Morgan fingerprint density at radius 2 is 2.05 bits per heavy atom. The van der Waals surface area contributed by atoms with E-state index in [0.717, 1.165) is 18.2 Å². The van der Waals surface area contributed by atoms with E-state index in [4.69, 9.17) is 5.14 Å². The first-order valence-corrected chi connectivity index (χ1v) is 7.29. The molecule has 0 aliphatic carbocycles. The summed E-state index contributed by atoms with van der Waals surface area (Å²) in [5.41, 5.74) is -0.613. The highest BCUT2D eigenvalue weighted by atomic mass is 32.2. The van der Waals surface area contributed by atoms with Crippen LogP contribution in [0.3, 0.4) is 0 Å². The lowest BCUT2D eigenvalue weighted by molar-refractivity contribution is -0.385. The molecule has 1 rings (SSSR count). The molecule has 0 aliphatic heterocycles. The monoisotopic (exact) mass is 301 g/mol. The third-order valence-corrected chi connectivity index (χ3v) is 3.57. The summed E-state index contributed by atoms with van der Waals surface area (Å²) in [6, 6.07) is 2.97. The lowest BCUT2D eigenvalue weighted by atomic mass is 10.2. The number of nitro benzene ring substituents is 1. The summed E-state index contributed by atoms with van der Waals surface area (Å²) in [7, 11) is -2.72. The van der Waals surface area contributed by atoms with Crippen molar-refractivity contribution in [2.24, 2.45) is 5.14 Å². The third-order valence-electron chi connectivity index (χ3n) is 2.62. The van der Waals surface area contributed by atoms with E-state index in [2.05, 4.69) is 0 Å². The maximum absolute atomic E-state index is 12.1. The Bertz CT molecular complexity index is 641. The molecule has 0 fully saturated rings. The second-order valence-electron chi connectivity index (χ2n) is 4.21. The number of hydrogen-bond donors (Lipinski definition) is 1. The molecule has 0 atom stereocenters. The third kappa shape index (κ3) is 3.52. The van der Waals surface area contributed by atoms with Crippen molar-refractivity contribution in [1.29, 1.82) is 0 Å². The summed E-state index contributed by atoms with van der Waals surface area (Å²) < 4.78 is 23.0. The molecule has 0 heterocycles. The van der Waals surface area contributed by atoms with Crippen LogP contribution in [0.15, 0.2) is 23.1 Å². The van der Waals surface area contributed by atoms with E-state index < -0.39 is 31.4 Å². The number of benzene rings is 1. The summed E-state index contributed by atoms with van der Waals surface area (Å²) >= 11 is 0. The molecule has 0 unspecified atom stereocenters. The maximum Gasteiger partial charge on any atom is 0.270 e. The highest BCUT2D eigenvalue weighted by molar-refractivity contribution is 7.89. The topological polar surface area (TPSA) is 124 Å². The van der Waals surface area contributed by atoms with E-state index in [9.17, 15) is 23.3 Å². The van der Waals surface area contributed by atoms with E-state index in [1.807, 2.05) is 6.92 Å². The number of rotatable bonds is 5. The van der Waals surface area contributed by atoms with E-state index in [1.54, 1.807) is 0 Å². The minimum Gasteiger partial charge on any atom is -0.342 e. The molecule has 0 saturated carbocycles. The average Bonchev–Trinajstić information content (AvgIpc) is 2.36. The van der Waals surface area contributed by atoms with Gasteiger partial charge in [-0.2, -0.15) is 0 Å². The van der Waals surface area contributed by atoms with Crippen LogP contribution in [0, 0.1) is 10.1 Å². The van der Waals surface area contributed by atoms with Crippen LogP contribution in [0.1, 0.15) is 23.7 Å². The van der Waals surface area contributed by atoms with Crippen molar-refractivity contribution >= 4 is 21.6 Å². The average molecular weight is 301 g/mol. The zero-order chi connectivity index (χ0) is 15.5. The number of carbonyl (C=O) groups excluding carboxylic acids is 1. The molecule has 0 saturated heterocycles. The lowest BCUT2D eigenvalue weighted by Crippen LogP contribution is -2.29. The Hall–Kier alpha value is -2.00. The second-order valence-corrected chi connectivity index (χ2v) is 5.74. The van der Waals surface area contributed by atoms with E-state index in [-0.39, 0.29) is 5.56 Å². The Balaban J connectivity index is 3.40. The van der Waals surface area contributed by atoms with Crippen LogP contribution < -0.4 is 5.14 Å². The molecule has 9 heteroatoms. The van der Waals surface area contributed by atoms with Crippen LogP contribution in [0.25, 0.3) is 0 Å². The zero-order valence-electron chi connectivity index (χ0n) is 11.1. The van der Waals surface area contributed by atoms with Crippen molar-refractivity contribution in [2.75, 3.05) is 13.6 Å². The molecule has 1 amide bonds. The number of amides is 1. The first-order chi connectivity index (χ1) is 9.18. The molecule has 0 aliphatic rings. The van der Waals surface area contributed by atoms with Gasteiger partial charge in [-0.1, -0.05) is 6.92 Å². The minimum absolute atomic E-state index is 0.172. The van der Waals surface area contributed by atoms with Gasteiger partial charge in [-0.15, -0.1) is 0 Å². The number of carbonyl (C=O) groups is 1. The number of non-ortho nitro benzene ring substituents is 1. The van der Waals surface area contributed by atoms with Gasteiger partial charge in [0.05, 0.1) is 10.5 Å². The molecule has 0 aromatic heterocycles. The van der Waals surface area contributed by atoms with Crippen molar-refractivity contribution in [3.8, 4) is 0 Å². The highest BCUT2D eigenvalue weighted by Gasteiger charge is 2.24. The van der Waals surface area contributed by atoms with Crippen LogP contribution in [-0.4, -0.2) is 37.7 Å². The first kappa shape index (κ1) is 16.1. The molecule has 20 heavy (non-hydrogen) atoms. The Kier molecular flexibility index (Phi) is 4.79. The van der Waals surface area contributed by atoms with Crippen molar-refractivity contribution in [1.82, 2.24) is 4.90 Å². The van der Waals surface area contributed by atoms with E-state index in [1.165, 1.54) is 11.9 Å². The SMILES string of the molecule is CCCN(C)C(=O)c1ccc([N+](=O)[O-])cc1S(N)(=O)=O. The van der Waals surface area contributed by atoms with Crippen LogP contribution in [0.2, 0.25) is 0 Å². The van der Waals surface area contributed by atoms with Gasteiger partial charge in [0, 0.05) is 25.7 Å². The molecular formula is C11H15N3O5S. The summed E-state index contributed by atoms with van der Waals surface area (Å²) in [5.74, 6) is -0.550. The van der Waals surface area contributed by atoms with Crippen molar-refractivity contribution in [2.45, 2.75) is 18.2 Å². The fraction of sp³-hybridized carbons (Fsp3) is 0.364. The molecule has 0 bridgehead atoms. The molecule has 0 spiro atoms. The number of nitrogens with zero attached hydrogens (tertiary/aromatic N) is 2. The highest BCUT2D eigenvalue weighted by Crippen LogP contribution is 2.22. The number of primary sulfonamides is 1. The van der Waals surface area contributed by atoms with Gasteiger partial charge in [0.15, 0.2) is 0 Å². The Morgan fingerprint density at radius 3 is 2.50 bits per heavy atom. The number of nitro groups is 1. The fourth-order valence-corrected chi connectivity index (χ4v) is 2.43. The summed E-state index contributed by atoms with van der Waals surface area (Å²) in [5, 5.41) is 15.7. The molecule has 1 aromatic carbocycles. The summed E-state index contributed by atoms with van der Waals surface area (Å²) in [4.78, 5) is 22.8. The van der Waals surface area contributed by atoms with Gasteiger partial charge in [-0.05, 0) is 12.5 Å². The van der Waals surface area contributed by atoms with E-state index >= 15 is 0 Å². The van der Waals surface area contributed by atoms with Gasteiger partial charge >= 0.3 is 0 Å². The van der Waals surface area contributed by atoms with Gasteiger partial charge < -0.3 is 4.90 Å². The van der Waals surface area contributed by atoms with Gasteiger partial charge in [0.25, 0.3) is 11.6 Å². The Morgan fingerprint density at radius 1 is 1.45 bits per heavy atom. The second kappa shape index (κ2) is 5.97. The van der Waals surface area contributed by atoms with Crippen LogP contribution in [0.5, 0.6) is 0 Å². The first-order valence-electron chi connectivity index (χ1n) is 5.75. The molecule has 0 radical (unpaired) electrons. The van der Waals surface area contributed by atoms with E-state index in [0.29, 0.717) is 13.0 Å².